The van der Waals surface area contributed by atoms with Crippen LogP contribution in [-0.2, 0) is 6.18 Å². The molecule has 0 aliphatic carbocycles. The van der Waals surface area contributed by atoms with Gasteiger partial charge in [-0.2, -0.15) is 43.9 Å². The molecule has 26 N–H and O–H groups in total. The second-order valence-electron chi connectivity index (χ2n) is 25.8. The van der Waals surface area contributed by atoms with Crippen molar-refractivity contribution in [2.45, 2.75) is 59.6 Å². The number of anilines is 12. The Morgan fingerprint density at radius 3 is 0.991 bits per heavy atom. The first-order valence-electron chi connectivity index (χ1n) is 35.6. The predicted molar refractivity (Wildman–Crippen MR) is 463 cm³/mol. The Morgan fingerprint density at radius 1 is 0.377 bits per heavy atom. The van der Waals surface area contributed by atoms with Crippen LogP contribution in [0, 0.1) is 13.8 Å². The number of alkyl halides is 3. The van der Waals surface area contributed by atoms with Crippen LogP contribution in [-0.4, -0.2) is 23.2 Å². The number of benzene rings is 12. The lowest BCUT2D eigenvalue weighted by molar-refractivity contribution is -0.137. The summed E-state index contributed by atoms with van der Waals surface area (Å²) in [6, 6.07) is 86.3. The van der Waals surface area contributed by atoms with Crippen molar-refractivity contribution in [1.29, 1.82) is 0 Å². The van der Waals surface area contributed by atoms with E-state index in [4.69, 9.17) is 73.5 Å². The van der Waals surface area contributed by atoms with Gasteiger partial charge in [0.2, 0.25) is 0 Å². The first-order chi connectivity index (χ1) is 54.4. The second-order valence-corrected chi connectivity index (χ2v) is 25.8. The van der Waals surface area contributed by atoms with Crippen LogP contribution in [0.4, 0.5) is 116 Å². The normalized spacial score (nSPS) is 10.6. The highest BCUT2D eigenvalue weighted by atomic mass is 19.4. The van der Waals surface area contributed by atoms with Gasteiger partial charge in [0.05, 0.1) is 51.9 Å². The zero-order chi connectivity index (χ0) is 83.1. The molecule has 0 atom stereocenters. The van der Waals surface area contributed by atoms with Gasteiger partial charge in [-0.05, 0) is 297 Å². The van der Waals surface area contributed by atoms with Gasteiger partial charge in [0, 0.05) is 80.0 Å². The molecule has 0 saturated heterocycles. The monoisotopic (exact) mass is 1540 g/mol. The molecule has 13 rings (SSSR count). The van der Waals surface area contributed by atoms with E-state index in [1.807, 2.05) is 166 Å². The number of hydrogen-bond donors (Lipinski definition) is 14. The fraction of sp³-hybridized carbons (Fsp3) is 0.114. The number of aromatic amines is 1. The summed E-state index contributed by atoms with van der Waals surface area (Å²) >= 11 is 0. The molecule has 0 spiro atoms. The number of aromatic nitrogens is 1. The summed E-state index contributed by atoms with van der Waals surface area (Å²) in [4.78, 5) is 25.3. The van der Waals surface area contributed by atoms with Gasteiger partial charge in [0.25, 0.3) is 5.91 Å². The van der Waals surface area contributed by atoms with E-state index in [2.05, 4.69) is 92.9 Å². The summed E-state index contributed by atoms with van der Waals surface area (Å²) in [5.41, 5.74) is 83.0. The molecule has 0 fully saturated rings. The lowest BCUT2D eigenvalue weighted by Crippen LogP contribution is -2.13. The number of amides is 1. The minimum atomic E-state index is -4.39. The van der Waals surface area contributed by atoms with Crippen molar-refractivity contribution in [3.63, 3.8) is 0 Å². The average Bonchev–Trinajstić information content (AvgIpc) is 0.962. The van der Waals surface area contributed by atoms with Gasteiger partial charge >= 0.3 is 6.18 Å². The molecule has 0 radical (unpaired) electrons. The maximum atomic E-state index is 12.0. The van der Waals surface area contributed by atoms with Crippen LogP contribution in [0.2, 0.25) is 0 Å². The number of carbonyl (C=O) groups is 2. The van der Waals surface area contributed by atoms with Crippen LogP contribution in [0.15, 0.2) is 328 Å². The molecule has 0 unspecified atom stereocenters. The third kappa shape index (κ3) is 33.0. The number of ether oxygens (including phenoxy) is 1. The maximum Gasteiger partial charge on any atom is 0.416 e. The number of nitrogens with zero attached hydrogens (tertiary/aromatic N) is 6. The van der Waals surface area contributed by atoms with E-state index in [0.717, 1.165) is 109 Å². The lowest BCUT2D eigenvalue weighted by Gasteiger charge is -2.07. The van der Waals surface area contributed by atoms with E-state index < -0.39 is 11.7 Å². The zero-order valence-electron chi connectivity index (χ0n) is 64.1. The van der Waals surface area contributed by atoms with E-state index in [1.165, 1.54) is 17.2 Å². The maximum absolute atomic E-state index is 12.0. The van der Waals surface area contributed by atoms with Crippen LogP contribution in [0.25, 0.3) is 0 Å². The largest absolute Gasteiger partial charge is 0.457 e. The molecule has 26 heteroatoms. The average molecular weight is 1540 g/mol. The Balaban J connectivity index is 0.000000205. The first-order valence-corrected chi connectivity index (χ1v) is 35.6. The third-order valence-electron chi connectivity index (χ3n) is 15.8. The lowest BCUT2D eigenvalue weighted by atomic mass is 10.0. The fourth-order valence-corrected chi connectivity index (χ4v) is 9.24. The molecular formula is C88H97F3N20O3. The van der Waals surface area contributed by atoms with Crippen LogP contribution in [0.5, 0.6) is 11.5 Å². The molecule has 114 heavy (non-hydrogen) atoms. The summed E-state index contributed by atoms with van der Waals surface area (Å²) < 4.78 is 41.7. The SMILES string of the molecule is CC(C)c1ccc(N=Nc2ccc(N)cc2)cc1.CC(C)c1ccc(N=Nc2ccc(N)cc2)cc1.Cc1cc(N)c(C)cc1N.NCC(=O)c1ccc[nH]1.Nc1cc(N)cc(C(F)(F)F)c1.Nc1ccc(N=Nc2ccccc2)cc1.Nc1ccc(NC(=O)c2ccc(N)cc2)cc1.Nc1ccc(Oc2ccc(N)cc2)cc1. The quantitative estimate of drug-likeness (QED) is 0.0273. The zero-order valence-corrected chi connectivity index (χ0v) is 64.1. The molecule has 12 aromatic carbocycles. The minimum Gasteiger partial charge on any atom is -0.457 e. The molecule has 0 aliphatic rings. The highest BCUT2D eigenvalue weighted by Gasteiger charge is 2.31. The van der Waals surface area contributed by atoms with Crippen LogP contribution in [0.3, 0.4) is 0 Å². The van der Waals surface area contributed by atoms with Crippen molar-refractivity contribution in [1.82, 2.24) is 4.98 Å². The van der Waals surface area contributed by atoms with Gasteiger partial charge in [0.1, 0.15) is 11.5 Å². The summed E-state index contributed by atoms with van der Waals surface area (Å²) in [5.74, 6) is 2.36. The Morgan fingerprint density at radius 2 is 0.684 bits per heavy atom. The summed E-state index contributed by atoms with van der Waals surface area (Å²) in [7, 11) is 0. The second kappa shape index (κ2) is 45.3. The number of H-pyrrole nitrogens is 1. The fourth-order valence-electron chi connectivity index (χ4n) is 9.24. The van der Waals surface area contributed by atoms with E-state index in [0.29, 0.717) is 40.2 Å². The number of halogens is 3. The van der Waals surface area contributed by atoms with Crippen molar-refractivity contribution in [3.05, 3.63) is 336 Å². The van der Waals surface area contributed by atoms with Crippen LogP contribution >= 0.6 is 0 Å². The summed E-state index contributed by atoms with van der Waals surface area (Å²) in [6.07, 6.45) is -2.69. The molecule has 1 aromatic heterocycles. The predicted octanol–water partition coefficient (Wildman–Crippen LogP) is 21.5. The topological polar surface area (TPSA) is 458 Å². The summed E-state index contributed by atoms with van der Waals surface area (Å²) in [6.45, 7) is 12.7. The molecule has 13 aromatic rings. The van der Waals surface area contributed by atoms with Gasteiger partial charge in [-0.3, -0.25) is 9.59 Å². The summed E-state index contributed by atoms with van der Waals surface area (Å²) in [5, 5.41) is 27.7. The molecule has 1 amide bonds. The molecule has 0 bridgehead atoms. The van der Waals surface area contributed by atoms with E-state index in [9.17, 15) is 22.8 Å². The molecular weight excluding hydrogens is 1440 g/mol. The molecule has 588 valence electrons. The number of nitrogen functional groups attached to an aromatic ring is 11. The Hall–Kier alpha value is -14.8. The number of nitrogens with one attached hydrogen (secondary N) is 2. The highest BCUT2D eigenvalue weighted by Crippen LogP contribution is 2.33. The van der Waals surface area contributed by atoms with Crippen LogP contribution < -0.4 is 78.9 Å². The van der Waals surface area contributed by atoms with E-state index in [1.54, 1.807) is 103 Å². The minimum absolute atomic E-state index is 0.0160. The molecule has 0 aliphatic heterocycles. The van der Waals surface area contributed by atoms with Crippen molar-refractivity contribution in [2.75, 3.05) is 74.9 Å². The van der Waals surface area contributed by atoms with E-state index >= 15 is 0 Å². The molecule has 23 nitrogen and oxygen atoms in total. The van der Waals surface area contributed by atoms with Crippen molar-refractivity contribution >= 4 is 114 Å². The standard InChI is InChI=1S/2C15H17N3.C13H13N3O.C12H11N3.C12H12N2O.C8H12N2.C7H7F3N2.C6H8N2O/c2*1-11(2)12-3-7-14(8-4-12)17-18-15-9-5-13(16)6-10-15;14-10-3-1-9(2-4-10)13(17)16-12-7-5-11(15)6-8-12;13-10-6-8-12(9-7-10)15-14-11-4-2-1-3-5-11;13-9-1-5-11(6-2-9)15-12-7-3-10(14)4-8-12;1-5-3-8(10)6(2)4-7(5)9;8-7(9,10)4-1-5(11)3-6(12)2-4;7-4-6(9)5-2-1-3-8-5/h2*3-11H,16H2,1-2H3;1-8H,14-15H2,(H,16,17);1-9H,13H2;1-8H,13-14H2;3-4H,9-10H2,1-2H3;1-3H,11-12H2;1-3,8H,4,7H2. The highest BCUT2D eigenvalue weighted by molar-refractivity contribution is 6.04. The number of Topliss-reactive ketones (excluding diaryl/α,β-unsaturated/α-hetero) is 1. The number of carbonyl (C=O) groups excluding carboxylic acids is 2. The Labute approximate surface area is 662 Å². The number of ketones is 1. The van der Waals surface area contributed by atoms with Gasteiger partial charge < -0.3 is 83.8 Å². The van der Waals surface area contributed by atoms with Gasteiger partial charge in [-0.25, -0.2) is 0 Å². The van der Waals surface area contributed by atoms with Gasteiger partial charge in [0.15, 0.2) is 5.78 Å². The third-order valence-corrected chi connectivity index (χ3v) is 15.8. The Bertz CT molecular complexity index is 4900. The number of azo groups is 3. The smallest absolute Gasteiger partial charge is 0.416 e. The van der Waals surface area contributed by atoms with Gasteiger partial charge in [-0.1, -0.05) is 70.2 Å². The molecule has 1 heterocycles. The van der Waals surface area contributed by atoms with Crippen molar-refractivity contribution in [2.24, 2.45) is 36.4 Å². The number of rotatable bonds is 14. The van der Waals surface area contributed by atoms with Gasteiger partial charge in [-0.15, -0.1) is 0 Å². The Kier molecular flexibility index (Phi) is 35.0. The van der Waals surface area contributed by atoms with Crippen LogP contribution in [0.1, 0.15) is 88.2 Å². The number of aryl methyl sites for hydroxylation is 2. The molecule has 0 saturated carbocycles. The first kappa shape index (κ1) is 88.1. The van der Waals surface area contributed by atoms with Crippen molar-refractivity contribution in [3.8, 4) is 11.5 Å². The van der Waals surface area contributed by atoms with Crippen molar-refractivity contribution < 1.29 is 27.5 Å². The van der Waals surface area contributed by atoms with E-state index in [-0.39, 0.29) is 29.6 Å². The number of nitrogens with two attached hydrogens (primary N) is 12. The number of hydrogen-bond acceptors (Lipinski definition) is 21.